The second kappa shape index (κ2) is 8.27. The number of carbonyl (C=O) groups excluding carboxylic acids is 1. The summed E-state index contributed by atoms with van der Waals surface area (Å²) in [5.74, 6) is 0.528. The van der Waals surface area contributed by atoms with Crippen molar-refractivity contribution in [1.82, 2.24) is 0 Å². The van der Waals surface area contributed by atoms with Gasteiger partial charge < -0.3 is 19.6 Å². The maximum atomic E-state index is 11.8. The molecule has 2 N–H and O–H groups in total. The second-order valence-electron chi connectivity index (χ2n) is 6.78. The lowest BCUT2D eigenvalue weighted by molar-refractivity contribution is 0.101. The zero-order chi connectivity index (χ0) is 20.3. The Bertz CT molecular complexity index is 1050. The van der Waals surface area contributed by atoms with Crippen LogP contribution in [0.4, 0.5) is 5.69 Å². The minimum Gasteiger partial charge on any atom is -0.491 e. The first-order chi connectivity index (χ1) is 13.3. The molecule has 0 aliphatic heterocycles. The highest BCUT2D eigenvalue weighted by Gasteiger charge is 2.10. The molecule has 1 unspecified atom stereocenters. The second-order valence-corrected chi connectivity index (χ2v) is 6.78. The number of ether oxygens (including phenoxy) is 1. The van der Waals surface area contributed by atoms with Gasteiger partial charge in [0.05, 0.1) is 0 Å². The standard InChI is InChI=1S/C22H23NO5/c1-13-14(2)22(26)28-21-10-19(8-9-20(13)21)27-12-18(25)11-23-17-6-4-16(5-7-17)15(3)24/h4-10,18,23,25H,11-12H2,1-3H3. The van der Waals surface area contributed by atoms with Crippen molar-refractivity contribution < 1.29 is 19.1 Å². The summed E-state index contributed by atoms with van der Waals surface area (Å²) >= 11 is 0. The van der Waals surface area contributed by atoms with Gasteiger partial charge in [-0.2, -0.15) is 0 Å². The van der Waals surface area contributed by atoms with Gasteiger partial charge in [0, 0.05) is 34.8 Å². The largest absolute Gasteiger partial charge is 0.491 e. The van der Waals surface area contributed by atoms with Crippen molar-refractivity contribution in [3.63, 3.8) is 0 Å². The third-order valence-electron chi connectivity index (χ3n) is 4.70. The molecule has 146 valence electrons. The van der Waals surface area contributed by atoms with Crippen LogP contribution in [-0.2, 0) is 0 Å². The molecule has 0 spiro atoms. The SMILES string of the molecule is CC(=O)c1ccc(NCC(O)COc2ccc3c(C)c(C)c(=O)oc3c2)cc1. The Morgan fingerprint density at radius 1 is 1.14 bits per heavy atom. The first-order valence-corrected chi connectivity index (χ1v) is 9.05. The lowest BCUT2D eigenvalue weighted by Crippen LogP contribution is -2.26. The fraction of sp³-hybridized carbons (Fsp3) is 0.273. The van der Waals surface area contributed by atoms with E-state index in [9.17, 15) is 14.7 Å². The number of nitrogens with one attached hydrogen (secondary N) is 1. The summed E-state index contributed by atoms with van der Waals surface area (Å²) in [5, 5.41) is 14.1. The van der Waals surface area contributed by atoms with Gasteiger partial charge >= 0.3 is 5.63 Å². The van der Waals surface area contributed by atoms with Gasteiger partial charge in [0.15, 0.2) is 5.78 Å². The number of anilines is 1. The Hall–Kier alpha value is -3.12. The van der Waals surface area contributed by atoms with Crippen LogP contribution < -0.4 is 15.7 Å². The number of hydrogen-bond acceptors (Lipinski definition) is 6. The van der Waals surface area contributed by atoms with Crippen LogP contribution in [0.2, 0.25) is 0 Å². The predicted octanol–water partition coefficient (Wildman–Crippen LogP) is 3.46. The number of hydrogen-bond donors (Lipinski definition) is 2. The predicted molar refractivity (Wildman–Crippen MR) is 108 cm³/mol. The molecule has 6 nitrogen and oxygen atoms in total. The normalized spacial score (nSPS) is 12.0. The Morgan fingerprint density at radius 2 is 1.86 bits per heavy atom. The van der Waals surface area contributed by atoms with Crippen molar-refractivity contribution in [2.24, 2.45) is 0 Å². The summed E-state index contributed by atoms with van der Waals surface area (Å²) in [6.45, 7) is 5.51. The molecular formula is C22H23NO5. The van der Waals surface area contributed by atoms with Gasteiger partial charge in [-0.3, -0.25) is 4.79 Å². The summed E-state index contributed by atoms with van der Waals surface area (Å²) < 4.78 is 10.9. The van der Waals surface area contributed by atoms with Gasteiger partial charge in [0.25, 0.3) is 0 Å². The lowest BCUT2D eigenvalue weighted by atomic mass is 10.1. The van der Waals surface area contributed by atoms with E-state index in [1.807, 2.05) is 13.0 Å². The molecule has 6 heteroatoms. The Morgan fingerprint density at radius 3 is 2.54 bits per heavy atom. The lowest BCUT2D eigenvalue weighted by Gasteiger charge is -2.14. The maximum Gasteiger partial charge on any atom is 0.339 e. The van der Waals surface area contributed by atoms with Gasteiger partial charge in [0.2, 0.25) is 0 Å². The van der Waals surface area contributed by atoms with Crippen molar-refractivity contribution in [3.05, 3.63) is 69.6 Å². The molecule has 0 amide bonds. The number of benzene rings is 2. The van der Waals surface area contributed by atoms with E-state index in [2.05, 4.69) is 5.32 Å². The summed E-state index contributed by atoms with van der Waals surface area (Å²) in [5.41, 5.74) is 3.04. The molecule has 1 heterocycles. The quantitative estimate of drug-likeness (QED) is 0.481. The zero-order valence-corrected chi connectivity index (χ0v) is 16.1. The van der Waals surface area contributed by atoms with E-state index in [1.54, 1.807) is 43.3 Å². The number of ketones is 1. The van der Waals surface area contributed by atoms with Gasteiger partial charge in [0.1, 0.15) is 24.0 Å². The Labute approximate surface area is 162 Å². The van der Waals surface area contributed by atoms with Crippen LogP contribution in [0.1, 0.15) is 28.4 Å². The van der Waals surface area contributed by atoms with E-state index in [1.165, 1.54) is 6.92 Å². The van der Waals surface area contributed by atoms with Crippen molar-refractivity contribution in [2.75, 3.05) is 18.5 Å². The first-order valence-electron chi connectivity index (χ1n) is 9.05. The van der Waals surface area contributed by atoms with Crippen molar-refractivity contribution in [1.29, 1.82) is 0 Å². The molecule has 0 radical (unpaired) electrons. The van der Waals surface area contributed by atoms with Crippen molar-refractivity contribution in [2.45, 2.75) is 26.9 Å². The first kappa shape index (κ1) is 19.6. The summed E-state index contributed by atoms with van der Waals surface area (Å²) in [4.78, 5) is 23.1. The van der Waals surface area contributed by atoms with E-state index < -0.39 is 6.10 Å². The molecule has 0 saturated heterocycles. The average molecular weight is 381 g/mol. The van der Waals surface area contributed by atoms with Gasteiger partial charge in [-0.15, -0.1) is 0 Å². The molecule has 0 saturated carbocycles. The van der Waals surface area contributed by atoms with Crippen LogP contribution in [-0.4, -0.2) is 30.1 Å². The number of carbonyl (C=O) groups is 1. The monoisotopic (exact) mass is 381 g/mol. The van der Waals surface area contributed by atoms with E-state index in [0.29, 0.717) is 29.0 Å². The average Bonchev–Trinajstić information content (AvgIpc) is 2.69. The highest BCUT2D eigenvalue weighted by molar-refractivity contribution is 5.94. The fourth-order valence-electron chi connectivity index (χ4n) is 2.83. The van der Waals surface area contributed by atoms with Crippen LogP contribution in [0.3, 0.4) is 0 Å². The van der Waals surface area contributed by atoms with Crippen LogP contribution >= 0.6 is 0 Å². The van der Waals surface area contributed by atoms with Crippen LogP contribution in [0.5, 0.6) is 5.75 Å². The molecule has 3 aromatic rings. The smallest absolute Gasteiger partial charge is 0.339 e. The van der Waals surface area contributed by atoms with Crippen LogP contribution in [0.25, 0.3) is 11.0 Å². The molecule has 0 bridgehead atoms. The third-order valence-corrected chi connectivity index (χ3v) is 4.70. The van der Waals surface area contributed by atoms with E-state index >= 15 is 0 Å². The van der Waals surface area contributed by atoms with Gasteiger partial charge in [-0.25, -0.2) is 4.79 Å². The number of aliphatic hydroxyl groups excluding tert-OH is 1. The topological polar surface area (TPSA) is 88.8 Å². The van der Waals surface area contributed by atoms with Crippen molar-refractivity contribution in [3.8, 4) is 5.75 Å². The van der Waals surface area contributed by atoms with Gasteiger partial charge in [-0.1, -0.05) is 0 Å². The number of Topliss-reactive ketones (excluding diaryl/α,β-unsaturated/α-hetero) is 1. The van der Waals surface area contributed by atoms with E-state index in [4.69, 9.17) is 9.15 Å². The number of aryl methyl sites for hydroxylation is 1. The molecule has 1 atom stereocenters. The highest BCUT2D eigenvalue weighted by Crippen LogP contribution is 2.24. The summed E-state index contributed by atoms with van der Waals surface area (Å²) in [6.07, 6.45) is -0.741. The van der Waals surface area contributed by atoms with Crippen molar-refractivity contribution >= 4 is 22.4 Å². The summed E-state index contributed by atoms with van der Waals surface area (Å²) in [6, 6.07) is 12.3. The van der Waals surface area contributed by atoms with E-state index in [-0.39, 0.29) is 18.0 Å². The molecule has 3 rings (SSSR count). The molecule has 0 fully saturated rings. The molecule has 1 aromatic heterocycles. The molecule has 2 aromatic carbocycles. The van der Waals surface area contributed by atoms with Crippen LogP contribution in [0, 0.1) is 13.8 Å². The number of rotatable bonds is 7. The molecule has 0 aliphatic rings. The molecule has 28 heavy (non-hydrogen) atoms. The summed E-state index contributed by atoms with van der Waals surface area (Å²) in [7, 11) is 0. The maximum absolute atomic E-state index is 11.8. The van der Waals surface area contributed by atoms with Gasteiger partial charge in [-0.05, 0) is 62.7 Å². The fourth-order valence-corrected chi connectivity index (χ4v) is 2.83. The van der Waals surface area contributed by atoms with E-state index in [0.717, 1.165) is 16.6 Å². The van der Waals surface area contributed by atoms with Crippen LogP contribution in [0.15, 0.2) is 51.7 Å². The highest BCUT2D eigenvalue weighted by atomic mass is 16.5. The Balaban J connectivity index is 1.58. The minimum atomic E-state index is -0.741. The number of fused-ring (bicyclic) bond motifs is 1. The Kier molecular flexibility index (Phi) is 5.80. The number of aliphatic hydroxyl groups is 1. The molecular weight excluding hydrogens is 358 g/mol. The minimum absolute atomic E-state index is 0.0107. The third kappa shape index (κ3) is 4.40. The molecule has 0 aliphatic carbocycles. The zero-order valence-electron chi connectivity index (χ0n) is 16.1.